The summed E-state index contributed by atoms with van der Waals surface area (Å²) in [4.78, 5) is 19.6. The first-order valence-electron chi connectivity index (χ1n) is 9.28. The zero-order valence-electron chi connectivity index (χ0n) is 15.7. The van der Waals surface area contributed by atoms with Crippen molar-refractivity contribution in [3.8, 4) is 11.4 Å². The number of aromatic amines is 1. The number of nitrogens with zero attached hydrogens (tertiary/aromatic N) is 5. The molecule has 3 aromatic rings. The molecule has 2 aromatic carbocycles. The normalized spacial score (nSPS) is 15.0. The van der Waals surface area contributed by atoms with Gasteiger partial charge < -0.3 is 4.90 Å². The second-order valence-electron chi connectivity index (χ2n) is 7.01. The molecule has 28 heavy (non-hydrogen) atoms. The quantitative estimate of drug-likeness (QED) is 0.542. The van der Waals surface area contributed by atoms with E-state index >= 15 is 0 Å². The molecule has 1 aliphatic heterocycles. The van der Waals surface area contributed by atoms with E-state index < -0.39 is 0 Å². The number of nitrogens with one attached hydrogen (secondary N) is 1. The molecule has 1 saturated heterocycles. The van der Waals surface area contributed by atoms with Crippen LogP contribution in [0.3, 0.4) is 0 Å². The summed E-state index contributed by atoms with van der Waals surface area (Å²) in [6.45, 7) is 6.33. The zero-order chi connectivity index (χ0) is 19.5. The summed E-state index contributed by atoms with van der Waals surface area (Å²) >= 11 is 0. The van der Waals surface area contributed by atoms with Crippen LogP contribution in [0.4, 0.5) is 11.4 Å². The van der Waals surface area contributed by atoms with Crippen LogP contribution < -0.4 is 4.90 Å². The van der Waals surface area contributed by atoms with Gasteiger partial charge in [-0.1, -0.05) is 29.8 Å². The maximum absolute atomic E-state index is 10.8. The standard InChI is InChI=1S/C20H22N6O2/c1-15-2-4-16(5-3-15)20-21-19(22-23-20)14-24-10-12-25(13-11-24)17-6-8-18(9-7-17)26(27)28/h2-9H,10-14H2,1H3,(H,21,22,23). The molecule has 8 nitrogen and oxygen atoms in total. The van der Waals surface area contributed by atoms with E-state index in [2.05, 4.69) is 44.0 Å². The van der Waals surface area contributed by atoms with Gasteiger partial charge in [0, 0.05) is 49.6 Å². The average molecular weight is 378 g/mol. The van der Waals surface area contributed by atoms with Crippen LogP contribution in [0, 0.1) is 17.0 Å². The molecule has 0 atom stereocenters. The minimum absolute atomic E-state index is 0.122. The second-order valence-corrected chi connectivity index (χ2v) is 7.01. The Hall–Kier alpha value is -3.26. The van der Waals surface area contributed by atoms with Crippen molar-refractivity contribution >= 4 is 11.4 Å². The molecule has 0 aliphatic carbocycles. The Morgan fingerprint density at radius 2 is 1.71 bits per heavy atom. The molecule has 0 spiro atoms. The Balaban J connectivity index is 1.33. The molecule has 0 bridgehead atoms. The van der Waals surface area contributed by atoms with Gasteiger partial charge in [-0.15, -0.1) is 0 Å². The highest BCUT2D eigenvalue weighted by Crippen LogP contribution is 2.21. The molecule has 8 heteroatoms. The van der Waals surface area contributed by atoms with Gasteiger partial charge in [0.05, 0.1) is 11.5 Å². The molecule has 0 saturated carbocycles. The third kappa shape index (κ3) is 4.01. The number of hydrogen-bond acceptors (Lipinski definition) is 6. The van der Waals surface area contributed by atoms with Crippen LogP contribution >= 0.6 is 0 Å². The lowest BCUT2D eigenvalue weighted by atomic mass is 10.1. The molecular formula is C20H22N6O2. The molecule has 2 heterocycles. The van der Waals surface area contributed by atoms with E-state index in [0.29, 0.717) is 0 Å². The highest BCUT2D eigenvalue weighted by Gasteiger charge is 2.19. The van der Waals surface area contributed by atoms with E-state index in [-0.39, 0.29) is 10.6 Å². The number of nitro groups is 1. The summed E-state index contributed by atoms with van der Waals surface area (Å²) in [6.07, 6.45) is 0. The third-order valence-corrected chi connectivity index (χ3v) is 5.01. The first-order chi connectivity index (χ1) is 13.6. The SMILES string of the molecule is Cc1ccc(-c2n[nH]c(CN3CCN(c4ccc([N+](=O)[O-])cc4)CC3)n2)cc1. The number of benzene rings is 2. The van der Waals surface area contributed by atoms with Crippen molar-refractivity contribution in [2.24, 2.45) is 0 Å². The fraction of sp³-hybridized carbons (Fsp3) is 0.300. The number of aromatic nitrogens is 3. The Morgan fingerprint density at radius 1 is 1.04 bits per heavy atom. The number of piperazine rings is 1. The fourth-order valence-corrected chi connectivity index (χ4v) is 3.36. The topological polar surface area (TPSA) is 91.2 Å². The van der Waals surface area contributed by atoms with Crippen LogP contribution in [0.1, 0.15) is 11.4 Å². The highest BCUT2D eigenvalue weighted by molar-refractivity contribution is 5.55. The Bertz CT molecular complexity index is 944. The minimum Gasteiger partial charge on any atom is -0.369 e. The van der Waals surface area contributed by atoms with Gasteiger partial charge in [-0.05, 0) is 19.1 Å². The molecule has 1 aliphatic rings. The van der Waals surface area contributed by atoms with Crippen LogP contribution in [0.5, 0.6) is 0 Å². The number of rotatable bonds is 5. The van der Waals surface area contributed by atoms with Crippen LogP contribution in [-0.4, -0.2) is 51.2 Å². The highest BCUT2D eigenvalue weighted by atomic mass is 16.6. The van der Waals surface area contributed by atoms with Gasteiger partial charge in [-0.25, -0.2) is 4.98 Å². The minimum atomic E-state index is -0.371. The predicted octanol–water partition coefficient (Wildman–Crippen LogP) is 3.01. The van der Waals surface area contributed by atoms with Crippen molar-refractivity contribution < 1.29 is 4.92 Å². The van der Waals surface area contributed by atoms with E-state index in [0.717, 1.165) is 55.6 Å². The largest absolute Gasteiger partial charge is 0.369 e. The molecule has 4 rings (SSSR count). The molecule has 144 valence electrons. The molecule has 1 fully saturated rings. The number of nitro benzene ring substituents is 1. The maximum Gasteiger partial charge on any atom is 0.269 e. The first-order valence-corrected chi connectivity index (χ1v) is 9.28. The Kier molecular flexibility index (Phi) is 5.03. The lowest BCUT2D eigenvalue weighted by molar-refractivity contribution is -0.384. The molecule has 1 N–H and O–H groups in total. The Labute approximate surface area is 163 Å². The zero-order valence-corrected chi connectivity index (χ0v) is 15.7. The maximum atomic E-state index is 10.8. The van der Waals surface area contributed by atoms with Gasteiger partial charge >= 0.3 is 0 Å². The lowest BCUT2D eigenvalue weighted by Gasteiger charge is -2.35. The van der Waals surface area contributed by atoms with E-state index in [1.165, 1.54) is 5.56 Å². The Morgan fingerprint density at radius 3 is 2.36 bits per heavy atom. The molecule has 0 radical (unpaired) electrons. The van der Waals surface area contributed by atoms with Gasteiger partial charge in [-0.2, -0.15) is 5.10 Å². The van der Waals surface area contributed by atoms with E-state index in [4.69, 9.17) is 0 Å². The average Bonchev–Trinajstić information content (AvgIpc) is 3.18. The van der Waals surface area contributed by atoms with Gasteiger partial charge in [-0.3, -0.25) is 20.1 Å². The summed E-state index contributed by atoms with van der Waals surface area (Å²) in [7, 11) is 0. The van der Waals surface area contributed by atoms with E-state index in [1.807, 2.05) is 24.3 Å². The van der Waals surface area contributed by atoms with Crippen molar-refractivity contribution in [3.63, 3.8) is 0 Å². The third-order valence-electron chi connectivity index (χ3n) is 5.01. The van der Waals surface area contributed by atoms with E-state index in [9.17, 15) is 10.1 Å². The molecular weight excluding hydrogens is 356 g/mol. The second kappa shape index (κ2) is 7.77. The van der Waals surface area contributed by atoms with Gasteiger partial charge in [0.1, 0.15) is 5.82 Å². The number of anilines is 1. The van der Waals surface area contributed by atoms with Gasteiger partial charge in [0.2, 0.25) is 0 Å². The van der Waals surface area contributed by atoms with Crippen LogP contribution in [-0.2, 0) is 6.54 Å². The van der Waals surface area contributed by atoms with Crippen LogP contribution in [0.2, 0.25) is 0 Å². The van der Waals surface area contributed by atoms with Gasteiger partial charge in [0.15, 0.2) is 5.82 Å². The lowest BCUT2D eigenvalue weighted by Crippen LogP contribution is -2.46. The fourth-order valence-electron chi connectivity index (χ4n) is 3.36. The predicted molar refractivity (Wildman–Crippen MR) is 107 cm³/mol. The number of hydrogen-bond donors (Lipinski definition) is 1. The number of aryl methyl sites for hydroxylation is 1. The monoisotopic (exact) mass is 378 g/mol. The summed E-state index contributed by atoms with van der Waals surface area (Å²) in [5, 5.41) is 18.2. The van der Waals surface area contributed by atoms with Crippen molar-refractivity contribution in [3.05, 3.63) is 70.0 Å². The summed E-state index contributed by atoms with van der Waals surface area (Å²) < 4.78 is 0. The van der Waals surface area contributed by atoms with E-state index in [1.54, 1.807) is 12.1 Å². The van der Waals surface area contributed by atoms with Crippen molar-refractivity contribution in [2.75, 3.05) is 31.1 Å². The summed E-state index contributed by atoms with van der Waals surface area (Å²) in [5.74, 6) is 1.58. The number of H-pyrrole nitrogens is 1. The summed E-state index contributed by atoms with van der Waals surface area (Å²) in [6, 6.07) is 14.9. The van der Waals surface area contributed by atoms with Crippen molar-refractivity contribution in [2.45, 2.75) is 13.5 Å². The van der Waals surface area contributed by atoms with Gasteiger partial charge in [0.25, 0.3) is 5.69 Å². The summed E-state index contributed by atoms with van der Waals surface area (Å²) in [5.41, 5.74) is 3.37. The number of non-ortho nitro benzene ring substituents is 1. The van der Waals surface area contributed by atoms with Crippen LogP contribution in [0.25, 0.3) is 11.4 Å². The molecule has 0 unspecified atom stereocenters. The first kappa shape index (κ1) is 18.1. The molecule has 1 aromatic heterocycles. The smallest absolute Gasteiger partial charge is 0.269 e. The molecule has 0 amide bonds. The van der Waals surface area contributed by atoms with Crippen LogP contribution in [0.15, 0.2) is 48.5 Å². The van der Waals surface area contributed by atoms with Crippen molar-refractivity contribution in [1.82, 2.24) is 20.1 Å². The van der Waals surface area contributed by atoms with Crippen molar-refractivity contribution in [1.29, 1.82) is 0 Å².